The Morgan fingerprint density at radius 1 is 0.250 bits per heavy atom. The largest absolute Gasteiger partial charge is 0.309 e. The molecular formula is C63H41N5. The highest BCUT2D eigenvalue weighted by Gasteiger charge is 2.23. The van der Waals surface area contributed by atoms with Gasteiger partial charge in [0.2, 0.25) is 5.95 Å². The highest BCUT2D eigenvalue weighted by Crippen LogP contribution is 2.43. The van der Waals surface area contributed by atoms with Crippen LogP contribution < -0.4 is 0 Å². The normalized spacial score (nSPS) is 11.5. The molecule has 318 valence electrons. The van der Waals surface area contributed by atoms with Crippen molar-refractivity contribution >= 4 is 43.6 Å². The maximum Gasteiger partial charge on any atom is 0.238 e. The Hall–Kier alpha value is -9.19. The molecule has 0 aliphatic carbocycles. The molecule has 0 spiro atoms. The van der Waals surface area contributed by atoms with Gasteiger partial charge in [-0.05, 0) is 75.8 Å². The van der Waals surface area contributed by atoms with Crippen molar-refractivity contribution in [2.75, 3.05) is 0 Å². The van der Waals surface area contributed by atoms with Crippen LogP contribution in [0.3, 0.4) is 0 Å². The average Bonchev–Trinajstić information content (AvgIpc) is 3.94. The van der Waals surface area contributed by atoms with E-state index in [1.807, 2.05) is 18.2 Å². The van der Waals surface area contributed by atoms with E-state index in [0.717, 1.165) is 88.6 Å². The van der Waals surface area contributed by atoms with Crippen molar-refractivity contribution < 1.29 is 0 Å². The predicted octanol–water partition coefficient (Wildman–Crippen LogP) is 16.1. The molecule has 13 aromatic rings. The van der Waals surface area contributed by atoms with Gasteiger partial charge in [0.1, 0.15) is 0 Å². The summed E-state index contributed by atoms with van der Waals surface area (Å²) in [5.74, 6) is 1.72. The minimum absolute atomic E-state index is 0.544. The van der Waals surface area contributed by atoms with Gasteiger partial charge in [0.15, 0.2) is 11.6 Å². The summed E-state index contributed by atoms with van der Waals surface area (Å²) in [5.41, 5.74) is 16.2. The summed E-state index contributed by atoms with van der Waals surface area (Å²) < 4.78 is 4.65. The van der Waals surface area contributed by atoms with Gasteiger partial charge in [-0.3, -0.25) is 4.57 Å². The van der Waals surface area contributed by atoms with Crippen molar-refractivity contribution in [3.63, 3.8) is 0 Å². The standard InChI is InChI=1S/C63H41N5/c1-5-20-42(21-6-1)46-28-19-29-47(38-46)50-37-36-48(41-59(50)67-56-33-16-13-30-51(56)52-31-14-17-34-57(52)67)62-64-61(45-26-11-4-12-27-45)65-63(66-62)68-58-35-18-15-32-53(58)55-40-49(43-22-7-2-8-23-43)39-54(60(55)68)44-24-9-3-10-25-44/h1-41H. The Bertz CT molecular complexity index is 3950. The lowest BCUT2D eigenvalue weighted by Gasteiger charge is -2.17. The zero-order valence-electron chi connectivity index (χ0n) is 36.9. The topological polar surface area (TPSA) is 48.5 Å². The summed E-state index contributed by atoms with van der Waals surface area (Å²) in [6, 6.07) is 88.2. The van der Waals surface area contributed by atoms with Crippen LogP contribution in [0.2, 0.25) is 0 Å². The quantitative estimate of drug-likeness (QED) is 0.153. The maximum atomic E-state index is 5.52. The van der Waals surface area contributed by atoms with Crippen LogP contribution in [0.1, 0.15) is 0 Å². The van der Waals surface area contributed by atoms with E-state index in [4.69, 9.17) is 15.0 Å². The van der Waals surface area contributed by atoms with Crippen LogP contribution >= 0.6 is 0 Å². The second kappa shape index (κ2) is 16.4. The Morgan fingerprint density at radius 3 is 1.34 bits per heavy atom. The first-order valence-corrected chi connectivity index (χ1v) is 23.0. The summed E-state index contributed by atoms with van der Waals surface area (Å²) >= 11 is 0. The van der Waals surface area contributed by atoms with Gasteiger partial charge in [0.25, 0.3) is 0 Å². The first-order valence-electron chi connectivity index (χ1n) is 23.0. The van der Waals surface area contributed by atoms with Crippen molar-refractivity contribution in [2.45, 2.75) is 0 Å². The fourth-order valence-corrected chi connectivity index (χ4v) is 10.0. The molecule has 5 nitrogen and oxygen atoms in total. The van der Waals surface area contributed by atoms with E-state index >= 15 is 0 Å². The molecule has 0 saturated heterocycles. The van der Waals surface area contributed by atoms with Gasteiger partial charge >= 0.3 is 0 Å². The van der Waals surface area contributed by atoms with Crippen LogP contribution in [0.4, 0.5) is 0 Å². The lowest BCUT2D eigenvalue weighted by molar-refractivity contribution is 0.953. The highest BCUT2D eigenvalue weighted by molar-refractivity contribution is 6.15. The van der Waals surface area contributed by atoms with E-state index in [1.165, 1.54) is 16.3 Å². The third-order valence-corrected chi connectivity index (χ3v) is 13.2. The van der Waals surface area contributed by atoms with Crippen LogP contribution in [-0.4, -0.2) is 24.1 Å². The van der Waals surface area contributed by atoms with Gasteiger partial charge in [-0.1, -0.05) is 206 Å². The third kappa shape index (κ3) is 6.68. The molecule has 13 rings (SSSR count). The van der Waals surface area contributed by atoms with Crippen molar-refractivity contribution in [3.05, 3.63) is 249 Å². The van der Waals surface area contributed by atoms with Crippen LogP contribution in [-0.2, 0) is 0 Å². The number of hydrogen-bond donors (Lipinski definition) is 0. The van der Waals surface area contributed by atoms with Crippen LogP contribution in [0.5, 0.6) is 0 Å². The van der Waals surface area contributed by atoms with Crippen molar-refractivity contribution in [2.24, 2.45) is 0 Å². The van der Waals surface area contributed by atoms with Gasteiger partial charge in [0.05, 0.1) is 27.8 Å². The summed E-state index contributed by atoms with van der Waals surface area (Å²) in [5, 5.41) is 4.64. The van der Waals surface area contributed by atoms with Gasteiger partial charge in [-0.2, -0.15) is 9.97 Å². The smallest absolute Gasteiger partial charge is 0.238 e. The number of hydrogen-bond acceptors (Lipinski definition) is 3. The lowest BCUT2D eigenvalue weighted by atomic mass is 9.95. The Balaban J connectivity index is 1.09. The van der Waals surface area contributed by atoms with E-state index in [0.29, 0.717) is 17.6 Å². The lowest BCUT2D eigenvalue weighted by Crippen LogP contribution is -2.07. The fourth-order valence-electron chi connectivity index (χ4n) is 10.0. The van der Waals surface area contributed by atoms with Crippen LogP contribution in [0, 0.1) is 0 Å². The number of aromatic nitrogens is 5. The number of benzene rings is 10. The maximum absolute atomic E-state index is 5.52. The predicted molar refractivity (Wildman–Crippen MR) is 281 cm³/mol. The fraction of sp³-hybridized carbons (Fsp3) is 0. The number of fused-ring (bicyclic) bond motifs is 6. The number of para-hydroxylation sites is 3. The number of nitrogens with zero attached hydrogens (tertiary/aromatic N) is 5. The molecule has 0 aliphatic rings. The molecule has 3 aromatic heterocycles. The Labute approximate surface area is 393 Å². The molecule has 0 unspecified atom stereocenters. The Morgan fingerprint density at radius 2 is 0.721 bits per heavy atom. The molecule has 10 aromatic carbocycles. The molecule has 0 N–H and O–H groups in total. The van der Waals surface area contributed by atoms with Crippen molar-refractivity contribution in [1.82, 2.24) is 24.1 Å². The molecule has 0 radical (unpaired) electrons. The first-order chi connectivity index (χ1) is 33.7. The van der Waals surface area contributed by atoms with E-state index in [1.54, 1.807) is 0 Å². The van der Waals surface area contributed by atoms with E-state index < -0.39 is 0 Å². The van der Waals surface area contributed by atoms with Crippen molar-refractivity contribution in [1.29, 1.82) is 0 Å². The van der Waals surface area contributed by atoms with Crippen molar-refractivity contribution in [3.8, 4) is 78.9 Å². The molecule has 0 fully saturated rings. The van der Waals surface area contributed by atoms with Gasteiger partial charge in [-0.25, -0.2) is 4.98 Å². The van der Waals surface area contributed by atoms with Crippen LogP contribution in [0.15, 0.2) is 249 Å². The zero-order chi connectivity index (χ0) is 45.0. The molecule has 0 atom stereocenters. The summed E-state index contributed by atoms with van der Waals surface area (Å²) in [6.07, 6.45) is 0. The summed E-state index contributed by atoms with van der Waals surface area (Å²) in [4.78, 5) is 16.2. The zero-order valence-corrected chi connectivity index (χ0v) is 36.9. The van der Waals surface area contributed by atoms with Gasteiger partial charge in [-0.15, -0.1) is 0 Å². The van der Waals surface area contributed by atoms with Gasteiger partial charge < -0.3 is 4.57 Å². The summed E-state index contributed by atoms with van der Waals surface area (Å²) in [6.45, 7) is 0. The average molecular weight is 868 g/mol. The molecule has 0 amide bonds. The number of rotatable bonds is 8. The minimum atomic E-state index is 0.544. The third-order valence-electron chi connectivity index (χ3n) is 13.2. The van der Waals surface area contributed by atoms with E-state index in [2.05, 4.69) is 240 Å². The molecule has 0 aliphatic heterocycles. The monoisotopic (exact) mass is 867 g/mol. The second-order valence-corrected chi connectivity index (χ2v) is 17.2. The molecule has 5 heteroatoms. The molecule has 68 heavy (non-hydrogen) atoms. The molecule has 0 saturated carbocycles. The first kappa shape index (κ1) is 39.2. The van der Waals surface area contributed by atoms with E-state index in [9.17, 15) is 0 Å². The van der Waals surface area contributed by atoms with Gasteiger partial charge in [0, 0.05) is 43.8 Å². The SMILES string of the molecule is c1ccc(-c2cccc(-c3ccc(-c4nc(-c5ccccc5)nc(-n5c6ccccc6c6cc(-c7ccccc7)cc(-c7ccccc7)c65)n4)cc3-n3c4ccccc4c4ccccc43)c2)cc1. The van der Waals surface area contributed by atoms with Crippen LogP contribution in [0.25, 0.3) is 123 Å². The molecule has 0 bridgehead atoms. The minimum Gasteiger partial charge on any atom is -0.309 e. The second-order valence-electron chi connectivity index (χ2n) is 17.2. The highest BCUT2D eigenvalue weighted by atomic mass is 15.2. The molecule has 3 heterocycles. The Kier molecular flexibility index (Phi) is 9.43. The molecular weight excluding hydrogens is 827 g/mol. The van der Waals surface area contributed by atoms with E-state index in [-0.39, 0.29) is 0 Å². The summed E-state index contributed by atoms with van der Waals surface area (Å²) in [7, 11) is 0.